The summed E-state index contributed by atoms with van der Waals surface area (Å²) in [4.78, 5) is 22.3. The fourth-order valence-corrected chi connectivity index (χ4v) is 4.58. The van der Waals surface area contributed by atoms with Gasteiger partial charge in [0, 0.05) is 25.3 Å². The summed E-state index contributed by atoms with van der Waals surface area (Å²) in [7, 11) is 1.63. The highest BCUT2D eigenvalue weighted by atomic mass is 35.5. The van der Waals surface area contributed by atoms with Gasteiger partial charge in [-0.25, -0.2) is 9.78 Å². The number of rotatable bonds is 6. The minimum Gasteiger partial charge on any atom is -0.497 e. The zero-order chi connectivity index (χ0) is 24.4. The van der Waals surface area contributed by atoms with Crippen molar-refractivity contribution in [1.82, 2.24) is 19.7 Å². The number of benzene rings is 1. The maximum atomic E-state index is 12.7. The molecule has 4 aromatic rings. The Morgan fingerprint density at radius 1 is 1.29 bits per heavy atom. The van der Waals surface area contributed by atoms with Gasteiger partial charge in [0.15, 0.2) is 5.75 Å². The van der Waals surface area contributed by atoms with Gasteiger partial charge in [-0.05, 0) is 30.5 Å². The number of methoxy groups -OCH3 is 1. The molecule has 1 aliphatic rings. The van der Waals surface area contributed by atoms with Gasteiger partial charge in [0.25, 0.3) is 0 Å². The third-order valence-electron chi connectivity index (χ3n) is 5.96. The number of H-pyrrole nitrogens is 1. The number of aromatic nitrogens is 4. The van der Waals surface area contributed by atoms with Crippen LogP contribution in [0, 0.1) is 0 Å². The molecule has 0 saturated carbocycles. The van der Waals surface area contributed by atoms with Gasteiger partial charge in [0.2, 0.25) is 0 Å². The second-order valence-corrected chi connectivity index (χ2v) is 8.87. The van der Waals surface area contributed by atoms with E-state index in [1.54, 1.807) is 30.4 Å². The average Bonchev–Trinajstić information content (AvgIpc) is 3.46. The van der Waals surface area contributed by atoms with E-state index in [-0.39, 0.29) is 6.04 Å². The van der Waals surface area contributed by atoms with Crippen molar-refractivity contribution in [3.63, 3.8) is 0 Å². The Kier molecular flexibility index (Phi) is 6.47. The van der Waals surface area contributed by atoms with Crippen molar-refractivity contribution in [2.75, 3.05) is 30.4 Å². The van der Waals surface area contributed by atoms with Crippen LogP contribution in [0.2, 0.25) is 5.02 Å². The monoisotopic (exact) mass is 495 g/mol. The van der Waals surface area contributed by atoms with Gasteiger partial charge in [0.05, 0.1) is 54.0 Å². The van der Waals surface area contributed by atoms with Crippen molar-refractivity contribution in [1.29, 1.82) is 0 Å². The summed E-state index contributed by atoms with van der Waals surface area (Å²) in [5, 5.41) is 8.30. The molecule has 1 aliphatic heterocycles. The summed E-state index contributed by atoms with van der Waals surface area (Å²) in [5.41, 5.74) is 9.17. The molecule has 1 aromatic carbocycles. The van der Waals surface area contributed by atoms with Crippen LogP contribution in [-0.4, -0.2) is 52.1 Å². The van der Waals surface area contributed by atoms with E-state index in [0.29, 0.717) is 35.2 Å². The molecule has 0 spiro atoms. The summed E-state index contributed by atoms with van der Waals surface area (Å²) in [6.07, 6.45) is 7.74. The van der Waals surface area contributed by atoms with Crippen molar-refractivity contribution in [3.05, 3.63) is 59.6 Å². The number of halogens is 1. The first-order valence-electron chi connectivity index (χ1n) is 11.3. The lowest BCUT2D eigenvalue weighted by atomic mass is 10.1. The summed E-state index contributed by atoms with van der Waals surface area (Å²) < 4.78 is 12.3. The van der Waals surface area contributed by atoms with Crippen LogP contribution in [-0.2, 0) is 6.54 Å². The van der Waals surface area contributed by atoms with Crippen LogP contribution in [0.1, 0.15) is 18.4 Å². The lowest BCUT2D eigenvalue weighted by molar-refractivity contribution is 0.215. The number of fused-ring (bicyclic) bond motifs is 1. The molecule has 1 atom stereocenters. The molecule has 1 amide bonds. The van der Waals surface area contributed by atoms with Crippen LogP contribution < -0.4 is 25.4 Å². The number of piperidine rings is 1. The number of nitrogens with zero attached hydrogens (tertiary/aromatic N) is 4. The minimum absolute atomic E-state index is 0.0674. The third kappa shape index (κ3) is 5.03. The van der Waals surface area contributed by atoms with Crippen molar-refractivity contribution < 1.29 is 14.3 Å². The van der Waals surface area contributed by atoms with Gasteiger partial charge in [-0.15, -0.1) is 0 Å². The van der Waals surface area contributed by atoms with Gasteiger partial charge in [-0.3, -0.25) is 10.00 Å². The van der Waals surface area contributed by atoms with Gasteiger partial charge < -0.3 is 25.1 Å². The van der Waals surface area contributed by atoms with Crippen LogP contribution in [0.5, 0.6) is 11.5 Å². The van der Waals surface area contributed by atoms with E-state index in [1.165, 1.54) is 6.20 Å². The van der Waals surface area contributed by atoms with Crippen LogP contribution in [0.3, 0.4) is 0 Å². The van der Waals surface area contributed by atoms with Crippen molar-refractivity contribution in [2.45, 2.75) is 25.4 Å². The Morgan fingerprint density at radius 3 is 2.89 bits per heavy atom. The topological polar surface area (TPSA) is 123 Å². The molecule has 0 radical (unpaired) electrons. The van der Waals surface area contributed by atoms with E-state index in [2.05, 4.69) is 25.3 Å². The summed E-state index contributed by atoms with van der Waals surface area (Å²) in [6, 6.07) is 7.75. The van der Waals surface area contributed by atoms with Gasteiger partial charge in [-0.1, -0.05) is 23.7 Å². The predicted molar refractivity (Wildman–Crippen MR) is 134 cm³/mol. The normalized spacial score (nSPS) is 15.9. The number of nitrogens with one attached hydrogen (secondary N) is 2. The van der Waals surface area contributed by atoms with Crippen molar-refractivity contribution in [2.24, 2.45) is 5.73 Å². The molecule has 0 bridgehead atoms. The molecule has 0 aliphatic carbocycles. The zero-order valence-corrected chi connectivity index (χ0v) is 20.0. The SMILES string of the molecule is COc1ccc(Cn2cc(OC(=O)Nc3c[nH]c4ncc(Cl)c(N5CCC[C@@H](N)C5)c34)cn2)cc1. The highest BCUT2D eigenvalue weighted by molar-refractivity contribution is 6.35. The second-order valence-electron chi connectivity index (χ2n) is 8.47. The highest BCUT2D eigenvalue weighted by Crippen LogP contribution is 2.38. The number of hydrogen-bond donors (Lipinski definition) is 3. The molecule has 11 heteroatoms. The Morgan fingerprint density at radius 2 is 2.11 bits per heavy atom. The van der Waals surface area contributed by atoms with Gasteiger partial charge in [-0.2, -0.15) is 5.10 Å². The lowest BCUT2D eigenvalue weighted by Gasteiger charge is -2.33. The van der Waals surface area contributed by atoms with E-state index in [9.17, 15) is 4.79 Å². The first kappa shape index (κ1) is 23.0. The van der Waals surface area contributed by atoms with Gasteiger partial charge >= 0.3 is 6.09 Å². The summed E-state index contributed by atoms with van der Waals surface area (Å²) in [5.74, 6) is 1.12. The fraction of sp³-hybridized carbons (Fsp3) is 0.292. The van der Waals surface area contributed by atoms with E-state index in [4.69, 9.17) is 26.8 Å². The number of ether oxygens (including phenoxy) is 2. The minimum atomic E-state index is -0.642. The molecule has 4 N–H and O–H groups in total. The average molecular weight is 496 g/mol. The maximum Gasteiger partial charge on any atom is 0.417 e. The highest BCUT2D eigenvalue weighted by Gasteiger charge is 2.24. The van der Waals surface area contributed by atoms with E-state index >= 15 is 0 Å². The van der Waals surface area contributed by atoms with Crippen LogP contribution in [0.15, 0.2) is 49.1 Å². The molecule has 35 heavy (non-hydrogen) atoms. The van der Waals surface area contributed by atoms with Crippen LogP contribution in [0.4, 0.5) is 16.2 Å². The number of carbonyl (C=O) groups is 1. The largest absolute Gasteiger partial charge is 0.497 e. The molecule has 0 unspecified atom stereocenters. The summed E-state index contributed by atoms with van der Waals surface area (Å²) in [6.45, 7) is 2.04. The Bertz CT molecular complexity index is 1330. The number of aromatic amines is 1. The molecule has 10 nitrogen and oxygen atoms in total. The Labute approximate surface area is 207 Å². The molecule has 4 heterocycles. The standard InChI is InChI=1S/C24H26ClN7O3/c1-34-17-6-4-15(5-7-17)12-32-14-18(9-29-32)35-24(33)30-20-11-28-23-21(20)22(19(25)10-27-23)31-8-2-3-16(26)13-31/h4-7,9-11,14,16H,2-3,8,12-13,26H2,1H3,(H,27,28)(H,30,33)/t16-/m1/s1. The molecule has 1 saturated heterocycles. The third-order valence-corrected chi connectivity index (χ3v) is 6.24. The zero-order valence-electron chi connectivity index (χ0n) is 19.2. The maximum absolute atomic E-state index is 12.7. The van der Waals surface area contributed by atoms with E-state index in [1.807, 2.05) is 24.3 Å². The lowest BCUT2D eigenvalue weighted by Crippen LogP contribution is -2.43. The number of nitrogens with two attached hydrogens (primary N) is 1. The Hall–Kier alpha value is -3.76. The number of hydrogen-bond acceptors (Lipinski definition) is 7. The second kappa shape index (κ2) is 9.85. The first-order valence-corrected chi connectivity index (χ1v) is 11.7. The smallest absolute Gasteiger partial charge is 0.417 e. The number of anilines is 2. The van der Waals surface area contributed by atoms with Crippen molar-refractivity contribution >= 4 is 40.1 Å². The molecule has 1 fully saturated rings. The molecule has 5 rings (SSSR count). The molecule has 3 aromatic heterocycles. The predicted octanol–water partition coefficient (Wildman–Crippen LogP) is 4.01. The summed E-state index contributed by atoms with van der Waals surface area (Å²) >= 11 is 6.54. The number of carbonyl (C=O) groups excluding carboxylic acids is 1. The van der Waals surface area contributed by atoms with Gasteiger partial charge in [0.1, 0.15) is 11.4 Å². The van der Waals surface area contributed by atoms with Crippen LogP contribution in [0.25, 0.3) is 11.0 Å². The van der Waals surface area contributed by atoms with Crippen molar-refractivity contribution in [3.8, 4) is 11.5 Å². The fourth-order valence-electron chi connectivity index (χ4n) is 4.32. The van der Waals surface area contributed by atoms with E-state index in [0.717, 1.165) is 41.8 Å². The van der Waals surface area contributed by atoms with E-state index < -0.39 is 6.09 Å². The Balaban J connectivity index is 1.30. The quantitative estimate of drug-likeness (QED) is 0.369. The van der Waals surface area contributed by atoms with Crippen LogP contribution >= 0.6 is 11.6 Å². The number of pyridine rings is 1. The molecule has 182 valence electrons. The number of amides is 1. The molecular formula is C24H26ClN7O3. The molecular weight excluding hydrogens is 470 g/mol. The first-order chi connectivity index (χ1) is 17.0.